The van der Waals surface area contributed by atoms with E-state index in [0.29, 0.717) is 12.4 Å². The van der Waals surface area contributed by atoms with Gasteiger partial charge in [0.05, 0.1) is 56.2 Å². The van der Waals surface area contributed by atoms with Crippen molar-refractivity contribution < 1.29 is 28.7 Å². The van der Waals surface area contributed by atoms with Crippen LogP contribution in [0.2, 0.25) is 0 Å². The minimum Gasteiger partial charge on any atom is -0.469 e. The van der Waals surface area contributed by atoms with Crippen molar-refractivity contribution in [2.24, 2.45) is 17.8 Å². The number of amides is 3. The van der Waals surface area contributed by atoms with Crippen LogP contribution in [0.15, 0.2) is 48.7 Å². The number of hydrogen-bond acceptors (Lipinski definition) is 8. The first-order valence-electron chi connectivity index (χ1n) is 19.7. The van der Waals surface area contributed by atoms with Crippen LogP contribution in [-0.2, 0) is 36.7 Å². The summed E-state index contributed by atoms with van der Waals surface area (Å²) in [5, 5.41) is 2.64. The van der Waals surface area contributed by atoms with Crippen LogP contribution in [-0.4, -0.2) is 87.5 Å². The van der Waals surface area contributed by atoms with Gasteiger partial charge in [0.2, 0.25) is 11.8 Å². The SMILES string of the molecule is COC(=O)C[C@H](C(=O)N1CCC[C@H]1c1nc2c([nH]1)CCCc1cc(-c3ccc(-c4cnc([C@H](C)N(C)C(=O)[C@@H](NC(=O)OC)C(C)C)[nH]4)cc3)ccc1-2)C(C)C. The molecule has 0 saturated carbocycles. The maximum Gasteiger partial charge on any atom is 0.407 e. The van der Waals surface area contributed by atoms with Crippen molar-refractivity contribution in [2.75, 3.05) is 27.8 Å². The van der Waals surface area contributed by atoms with Crippen LogP contribution in [0, 0.1) is 17.8 Å². The number of fused-ring (bicyclic) bond motifs is 3. The molecule has 4 atom stereocenters. The molecule has 298 valence electrons. The standard InChI is InChI=1S/C43H55N7O6/c1-24(2)32(22-36(51)55-7)41(52)50-20-10-13-35(50)40-45-33-12-9-11-30-21-29(18-19-31(30)38(33)47-40)27-14-16-28(17-15-27)34-23-44-39(46-34)26(5)49(6)42(53)37(25(3)4)48-43(54)56-8/h14-19,21,23-26,32,35,37H,9-13,20,22H2,1-8H3,(H,44,46)(H,45,47)(H,48,54)/t26-,32-,35-,37-/m0/s1. The summed E-state index contributed by atoms with van der Waals surface area (Å²) in [6, 6.07) is 13.7. The minimum atomic E-state index is -0.729. The normalized spacial score (nSPS) is 16.8. The first-order chi connectivity index (χ1) is 26.8. The van der Waals surface area contributed by atoms with E-state index in [1.54, 1.807) is 18.1 Å². The fourth-order valence-electron chi connectivity index (χ4n) is 7.89. The summed E-state index contributed by atoms with van der Waals surface area (Å²) in [4.78, 5) is 71.4. The maximum atomic E-state index is 13.8. The zero-order chi connectivity index (χ0) is 40.3. The summed E-state index contributed by atoms with van der Waals surface area (Å²) < 4.78 is 9.62. The summed E-state index contributed by atoms with van der Waals surface area (Å²) in [7, 11) is 4.34. The Morgan fingerprint density at radius 2 is 1.62 bits per heavy atom. The number of aryl methyl sites for hydroxylation is 2. The van der Waals surface area contributed by atoms with E-state index in [2.05, 4.69) is 62.7 Å². The van der Waals surface area contributed by atoms with Crippen molar-refractivity contribution in [3.63, 3.8) is 0 Å². The number of methoxy groups -OCH3 is 2. The van der Waals surface area contributed by atoms with Crippen LogP contribution in [0.3, 0.4) is 0 Å². The smallest absolute Gasteiger partial charge is 0.407 e. The van der Waals surface area contributed by atoms with E-state index < -0.39 is 18.1 Å². The first kappa shape index (κ1) is 40.2. The Labute approximate surface area is 329 Å². The Morgan fingerprint density at radius 1 is 0.911 bits per heavy atom. The molecule has 56 heavy (non-hydrogen) atoms. The van der Waals surface area contributed by atoms with Gasteiger partial charge in [-0.3, -0.25) is 14.4 Å². The highest BCUT2D eigenvalue weighted by Crippen LogP contribution is 2.39. The van der Waals surface area contributed by atoms with Gasteiger partial charge in [0, 0.05) is 24.8 Å². The second-order valence-corrected chi connectivity index (χ2v) is 15.7. The van der Waals surface area contributed by atoms with Crippen molar-refractivity contribution in [1.29, 1.82) is 0 Å². The van der Waals surface area contributed by atoms with Crippen molar-refractivity contribution >= 4 is 23.9 Å². The molecule has 2 aromatic heterocycles. The molecule has 13 heteroatoms. The molecule has 3 heterocycles. The number of hydrogen-bond donors (Lipinski definition) is 3. The van der Waals surface area contributed by atoms with Crippen LogP contribution in [0.4, 0.5) is 4.79 Å². The molecule has 1 fully saturated rings. The molecule has 6 rings (SSSR count). The van der Waals surface area contributed by atoms with Gasteiger partial charge in [-0.15, -0.1) is 0 Å². The molecule has 1 aliphatic heterocycles. The molecule has 0 radical (unpaired) electrons. The summed E-state index contributed by atoms with van der Waals surface area (Å²) >= 11 is 0. The van der Waals surface area contributed by atoms with E-state index in [1.807, 2.05) is 39.5 Å². The van der Waals surface area contributed by atoms with Crippen molar-refractivity contribution in [2.45, 2.75) is 91.3 Å². The third-order valence-electron chi connectivity index (χ3n) is 11.5. The number of nitrogens with one attached hydrogen (secondary N) is 3. The van der Waals surface area contributed by atoms with Crippen LogP contribution in [0.25, 0.3) is 33.6 Å². The fraction of sp³-hybridized carbons (Fsp3) is 0.488. The number of imidazole rings is 2. The lowest BCUT2D eigenvalue weighted by molar-refractivity contribution is -0.148. The van der Waals surface area contributed by atoms with Gasteiger partial charge >= 0.3 is 12.1 Å². The van der Waals surface area contributed by atoms with Gasteiger partial charge in [-0.25, -0.2) is 14.8 Å². The van der Waals surface area contributed by atoms with E-state index in [9.17, 15) is 19.2 Å². The third kappa shape index (κ3) is 8.36. The van der Waals surface area contributed by atoms with Crippen molar-refractivity contribution in [3.8, 4) is 33.6 Å². The lowest BCUT2D eigenvalue weighted by Crippen LogP contribution is -2.50. The Kier molecular flexibility index (Phi) is 12.3. The molecule has 3 amide bonds. The average molecular weight is 766 g/mol. The van der Waals surface area contributed by atoms with Gasteiger partial charge in [0.1, 0.15) is 17.7 Å². The fourth-order valence-corrected chi connectivity index (χ4v) is 7.89. The van der Waals surface area contributed by atoms with Crippen LogP contribution in [0.5, 0.6) is 0 Å². The molecule has 1 aliphatic carbocycles. The highest BCUT2D eigenvalue weighted by Gasteiger charge is 2.38. The average Bonchev–Trinajstić information content (AvgIpc) is 3.96. The van der Waals surface area contributed by atoms with Gasteiger partial charge in [-0.2, -0.15) is 0 Å². The Hall–Kier alpha value is -5.46. The second kappa shape index (κ2) is 17.1. The van der Waals surface area contributed by atoms with E-state index in [4.69, 9.17) is 14.5 Å². The summed E-state index contributed by atoms with van der Waals surface area (Å²) in [6.07, 6.45) is 5.70. The number of likely N-dealkylation sites (N-methyl/N-ethyl adjacent to an activating group) is 1. The predicted molar refractivity (Wildman–Crippen MR) is 213 cm³/mol. The molecule has 0 spiro atoms. The summed E-state index contributed by atoms with van der Waals surface area (Å²) in [5.41, 5.74) is 8.43. The molecular weight excluding hydrogens is 711 g/mol. The van der Waals surface area contributed by atoms with Crippen LogP contribution >= 0.6 is 0 Å². The number of benzene rings is 2. The highest BCUT2D eigenvalue weighted by atomic mass is 16.5. The number of aromatic nitrogens is 4. The number of aromatic amines is 2. The predicted octanol–water partition coefficient (Wildman–Crippen LogP) is 7.02. The maximum absolute atomic E-state index is 13.8. The number of carbonyl (C=O) groups excluding carboxylic acids is 4. The van der Waals surface area contributed by atoms with E-state index in [-0.39, 0.29) is 48.1 Å². The Morgan fingerprint density at radius 3 is 2.30 bits per heavy atom. The second-order valence-electron chi connectivity index (χ2n) is 15.7. The topological polar surface area (TPSA) is 163 Å². The lowest BCUT2D eigenvalue weighted by atomic mass is 9.90. The molecule has 3 N–H and O–H groups in total. The number of likely N-dealkylation sites (tertiary alicyclic amines) is 1. The largest absolute Gasteiger partial charge is 0.469 e. The van der Waals surface area contributed by atoms with Crippen molar-refractivity contribution in [1.82, 2.24) is 35.1 Å². The van der Waals surface area contributed by atoms with E-state index in [0.717, 1.165) is 77.3 Å². The summed E-state index contributed by atoms with van der Waals surface area (Å²) in [6.45, 7) is 10.2. The molecule has 13 nitrogen and oxygen atoms in total. The molecule has 1 saturated heterocycles. The molecular formula is C43H55N7O6. The molecule has 2 aromatic carbocycles. The Bertz CT molecular complexity index is 2050. The van der Waals surface area contributed by atoms with Gasteiger partial charge in [0.25, 0.3) is 0 Å². The van der Waals surface area contributed by atoms with Gasteiger partial charge < -0.3 is 34.6 Å². The number of carbonyl (C=O) groups is 4. The number of esters is 1. The Balaban J connectivity index is 1.17. The molecule has 0 unspecified atom stereocenters. The zero-order valence-corrected chi connectivity index (χ0v) is 33.8. The first-order valence-corrected chi connectivity index (χ1v) is 19.7. The molecule has 4 aromatic rings. The molecule has 2 aliphatic rings. The number of alkyl carbamates (subject to hydrolysis) is 1. The number of rotatable bonds is 12. The van der Waals surface area contributed by atoms with Gasteiger partial charge in [-0.05, 0) is 73.1 Å². The van der Waals surface area contributed by atoms with E-state index in [1.165, 1.54) is 19.8 Å². The monoisotopic (exact) mass is 765 g/mol. The number of nitrogens with zero attached hydrogens (tertiary/aromatic N) is 4. The van der Waals surface area contributed by atoms with Gasteiger partial charge in [0.15, 0.2) is 0 Å². The van der Waals surface area contributed by atoms with Crippen LogP contribution in [0.1, 0.15) is 95.3 Å². The zero-order valence-electron chi connectivity index (χ0n) is 33.8. The molecule has 0 bridgehead atoms. The number of H-pyrrole nitrogens is 2. The lowest BCUT2D eigenvalue weighted by Gasteiger charge is -2.30. The van der Waals surface area contributed by atoms with Crippen LogP contribution < -0.4 is 5.32 Å². The highest BCUT2D eigenvalue weighted by molar-refractivity contribution is 5.86. The number of ether oxygens (including phenoxy) is 2. The minimum absolute atomic E-state index is 0.00860. The summed E-state index contributed by atoms with van der Waals surface area (Å²) in [5.74, 6) is 0.291. The third-order valence-corrected chi connectivity index (χ3v) is 11.5. The van der Waals surface area contributed by atoms with Crippen molar-refractivity contribution in [3.05, 3.63) is 71.6 Å². The van der Waals surface area contributed by atoms with Gasteiger partial charge in [-0.1, -0.05) is 70.2 Å². The van der Waals surface area contributed by atoms with E-state index >= 15 is 0 Å². The quantitative estimate of drug-likeness (QED) is 0.130.